The van der Waals surface area contributed by atoms with Crippen molar-refractivity contribution in [3.05, 3.63) is 71.9 Å². The quantitative estimate of drug-likeness (QED) is 0.664. The Morgan fingerprint density at radius 2 is 1.81 bits per heavy atom. The van der Waals surface area contributed by atoms with Crippen molar-refractivity contribution in [1.29, 1.82) is 0 Å². The number of nitrogens with zero attached hydrogens (tertiary/aromatic N) is 2. The number of hydrogen-bond donors (Lipinski definition) is 2. The van der Waals surface area contributed by atoms with Crippen molar-refractivity contribution < 1.29 is 18.8 Å². The second kappa shape index (κ2) is 8.61. The minimum Gasteiger partial charge on any atom is -0.496 e. The van der Waals surface area contributed by atoms with Crippen molar-refractivity contribution in [2.24, 2.45) is 0 Å². The molecule has 3 rings (SSSR count). The van der Waals surface area contributed by atoms with Crippen LogP contribution in [0.4, 0.5) is 5.69 Å². The van der Waals surface area contributed by atoms with E-state index in [2.05, 4.69) is 20.8 Å². The minimum absolute atomic E-state index is 0.0990. The molecule has 0 saturated heterocycles. The summed E-state index contributed by atoms with van der Waals surface area (Å²) in [6, 6.07) is 16.3. The smallest absolute Gasteiger partial charge is 0.315 e. The van der Waals surface area contributed by atoms with E-state index in [-0.39, 0.29) is 30.6 Å². The normalized spacial score (nSPS) is 10.3. The van der Waals surface area contributed by atoms with Crippen LogP contribution in [0.25, 0.3) is 0 Å². The summed E-state index contributed by atoms with van der Waals surface area (Å²) in [6.45, 7) is 0.245. The van der Waals surface area contributed by atoms with Crippen LogP contribution in [0.5, 0.6) is 5.75 Å². The molecular formula is C19H18N4O4. The standard InChI is InChI=1S/C19H18N4O4/c1-26-15-10-6-5-7-13(15)12-20-18(25)19-22-16(23-27-19)11-17(24)21-14-8-3-2-4-9-14/h2-10H,11-12H2,1H3,(H,20,25)(H,21,24). The predicted molar refractivity (Wildman–Crippen MR) is 97.2 cm³/mol. The molecule has 2 amide bonds. The van der Waals surface area contributed by atoms with E-state index in [1.54, 1.807) is 25.3 Å². The molecule has 0 bridgehead atoms. The van der Waals surface area contributed by atoms with Crippen LogP contribution < -0.4 is 15.4 Å². The van der Waals surface area contributed by atoms with Gasteiger partial charge < -0.3 is 19.9 Å². The van der Waals surface area contributed by atoms with E-state index in [4.69, 9.17) is 9.26 Å². The zero-order chi connectivity index (χ0) is 19.1. The summed E-state index contributed by atoms with van der Waals surface area (Å²) in [6.07, 6.45) is -0.0990. The van der Waals surface area contributed by atoms with Crippen LogP contribution in [0.1, 0.15) is 22.1 Å². The van der Waals surface area contributed by atoms with Gasteiger partial charge in [-0.15, -0.1) is 0 Å². The maximum atomic E-state index is 12.2. The van der Waals surface area contributed by atoms with E-state index in [0.29, 0.717) is 11.4 Å². The van der Waals surface area contributed by atoms with Gasteiger partial charge in [0, 0.05) is 17.8 Å². The molecule has 3 aromatic rings. The fraction of sp³-hybridized carbons (Fsp3) is 0.158. The van der Waals surface area contributed by atoms with Gasteiger partial charge in [-0.25, -0.2) is 0 Å². The zero-order valence-corrected chi connectivity index (χ0v) is 14.6. The first-order valence-electron chi connectivity index (χ1n) is 8.23. The van der Waals surface area contributed by atoms with Gasteiger partial charge in [0.1, 0.15) is 5.75 Å². The second-order valence-electron chi connectivity index (χ2n) is 5.60. The van der Waals surface area contributed by atoms with Gasteiger partial charge in [0.05, 0.1) is 13.5 Å². The van der Waals surface area contributed by atoms with Crippen LogP contribution in [-0.2, 0) is 17.8 Å². The average Bonchev–Trinajstić information content (AvgIpc) is 3.15. The molecule has 0 unspecified atom stereocenters. The number of anilines is 1. The first-order valence-corrected chi connectivity index (χ1v) is 8.23. The summed E-state index contributed by atoms with van der Waals surface area (Å²) in [4.78, 5) is 28.1. The molecular weight excluding hydrogens is 348 g/mol. The number of aromatic nitrogens is 2. The number of para-hydroxylation sites is 2. The van der Waals surface area contributed by atoms with Crippen LogP contribution in [0, 0.1) is 0 Å². The molecule has 0 aliphatic rings. The molecule has 138 valence electrons. The lowest BCUT2D eigenvalue weighted by Gasteiger charge is -2.07. The summed E-state index contributed by atoms with van der Waals surface area (Å²) >= 11 is 0. The first kappa shape index (κ1) is 18.1. The summed E-state index contributed by atoms with van der Waals surface area (Å²) in [5.74, 6) is -0.231. The zero-order valence-electron chi connectivity index (χ0n) is 14.6. The third-order valence-electron chi connectivity index (χ3n) is 3.67. The van der Waals surface area contributed by atoms with Crippen molar-refractivity contribution in [3.8, 4) is 5.75 Å². The highest BCUT2D eigenvalue weighted by Gasteiger charge is 2.17. The fourth-order valence-corrected chi connectivity index (χ4v) is 2.39. The van der Waals surface area contributed by atoms with Crippen LogP contribution >= 0.6 is 0 Å². The number of amides is 2. The van der Waals surface area contributed by atoms with E-state index in [1.165, 1.54) is 0 Å². The summed E-state index contributed by atoms with van der Waals surface area (Å²) in [5.41, 5.74) is 1.48. The van der Waals surface area contributed by atoms with Crippen LogP contribution in [0.2, 0.25) is 0 Å². The Kier molecular flexibility index (Phi) is 5.78. The predicted octanol–water partition coefficient (Wildman–Crippen LogP) is 2.19. The van der Waals surface area contributed by atoms with Gasteiger partial charge in [-0.1, -0.05) is 41.6 Å². The molecule has 2 aromatic carbocycles. The number of carbonyl (C=O) groups is 2. The lowest BCUT2D eigenvalue weighted by molar-refractivity contribution is -0.115. The molecule has 8 nitrogen and oxygen atoms in total. The van der Waals surface area contributed by atoms with E-state index in [1.807, 2.05) is 36.4 Å². The number of nitrogens with one attached hydrogen (secondary N) is 2. The molecule has 0 radical (unpaired) electrons. The Hall–Kier alpha value is -3.68. The lowest BCUT2D eigenvalue weighted by Crippen LogP contribution is -2.23. The molecule has 0 atom stereocenters. The van der Waals surface area contributed by atoms with Crippen molar-refractivity contribution in [2.45, 2.75) is 13.0 Å². The average molecular weight is 366 g/mol. The summed E-state index contributed by atoms with van der Waals surface area (Å²) in [7, 11) is 1.56. The summed E-state index contributed by atoms with van der Waals surface area (Å²) < 4.78 is 10.2. The Labute approximate surface area is 155 Å². The number of carbonyl (C=O) groups excluding carboxylic acids is 2. The minimum atomic E-state index is -0.525. The van der Waals surface area contributed by atoms with E-state index in [9.17, 15) is 9.59 Å². The molecule has 0 aliphatic carbocycles. The number of benzene rings is 2. The van der Waals surface area contributed by atoms with Crippen molar-refractivity contribution >= 4 is 17.5 Å². The highest BCUT2D eigenvalue weighted by atomic mass is 16.5. The third kappa shape index (κ3) is 4.91. The number of hydrogen-bond acceptors (Lipinski definition) is 6. The Morgan fingerprint density at radius 3 is 2.59 bits per heavy atom. The summed E-state index contributed by atoms with van der Waals surface area (Å²) in [5, 5.41) is 9.07. The van der Waals surface area contributed by atoms with E-state index in [0.717, 1.165) is 5.56 Å². The van der Waals surface area contributed by atoms with Crippen LogP contribution in [0.3, 0.4) is 0 Å². The Bertz CT molecular complexity index is 924. The van der Waals surface area contributed by atoms with Gasteiger partial charge in [-0.05, 0) is 18.2 Å². The monoisotopic (exact) mass is 366 g/mol. The number of rotatable bonds is 7. The van der Waals surface area contributed by atoms with Gasteiger partial charge in [0.25, 0.3) is 0 Å². The number of ether oxygens (including phenoxy) is 1. The SMILES string of the molecule is COc1ccccc1CNC(=O)c1nc(CC(=O)Nc2ccccc2)no1. The topological polar surface area (TPSA) is 106 Å². The third-order valence-corrected chi connectivity index (χ3v) is 3.67. The fourth-order valence-electron chi connectivity index (χ4n) is 2.39. The van der Waals surface area contributed by atoms with Gasteiger partial charge >= 0.3 is 11.8 Å². The number of methoxy groups -OCH3 is 1. The van der Waals surface area contributed by atoms with Gasteiger partial charge in [-0.2, -0.15) is 4.98 Å². The van der Waals surface area contributed by atoms with Gasteiger partial charge in [-0.3, -0.25) is 9.59 Å². The molecule has 0 spiro atoms. The van der Waals surface area contributed by atoms with Crippen LogP contribution in [-0.4, -0.2) is 29.1 Å². The van der Waals surface area contributed by atoms with Crippen molar-refractivity contribution in [2.75, 3.05) is 12.4 Å². The van der Waals surface area contributed by atoms with Gasteiger partial charge in [0.2, 0.25) is 5.91 Å². The molecule has 8 heteroatoms. The van der Waals surface area contributed by atoms with E-state index < -0.39 is 5.91 Å². The first-order chi connectivity index (χ1) is 13.2. The lowest BCUT2D eigenvalue weighted by atomic mass is 10.2. The molecule has 0 aliphatic heterocycles. The maximum Gasteiger partial charge on any atom is 0.315 e. The largest absolute Gasteiger partial charge is 0.496 e. The molecule has 1 aromatic heterocycles. The van der Waals surface area contributed by atoms with Crippen molar-refractivity contribution in [3.63, 3.8) is 0 Å². The Balaban J connectivity index is 1.55. The highest BCUT2D eigenvalue weighted by Crippen LogP contribution is 2.16. The molecule has 1 heterocycles. The Morgan fingerprint density at radius 1 is 1.07 bits per heavy atom. The molecule has 2 N–H and O–H groups in total. The van der Waals surface area contributed by atoms with Gasteiger partial charge in [0.15, 0.2) is 5.82 Å². The molecule has 27 heavy (non-hydrogen) atoms. The maximum absolute atomic E-state index is 12.2. The molecule has 0 saturated carbocycles. The van der Waals surface area contributed by atoms with E-state index >= 15 is 0 Å². The molecule has 0 fully saturated rings. The highest BCUT2D eigenvalue weighted by molar-refractivity contribution is 5.92. The second-order valence-corrected chi connectivity index (χ2v) is 5.60. The van der Waals surface area contributed by atoms with Crippen LogP contribution in [0.15, 0.2) is 59.1 Å². The van der Waals surface area contributed by atoms with Crippen molar-refractivity contribution in [1.82, 2.24) is 15.5 Å².